The van der Waals surface area contributed by atoms with Gasteiger partial charge in [-0.15, -0.1) is 0 Å². The molecule has 0 unspecified atom stereocenters. The zero-order valence-corrected chi connectivity index (χ0v) is 15.0. The molecule has 1 fully saturated rings. The predicted molar refractivity (Wildman–Crippen MR) is 105 cm³/mol. The van der Waals surface area contributed by atoms with Gasteiger partial charge in [0.1, 0.15) is 0 Å². The summed E-state index contributed by atoms with van der Waals surface area (Å²) < 4.78 is 0. The molecule has 2 aromatic rings. The van der Waals surface area contributed by atoms with Crippen LogP contribution in [0.5, 0.6) is 0 Å². The van der Waals surface area contributed by atoms with Gasteiger partial charge in [0.2, 0.25) is 0 Å². The molecule has 3 nitrogen and oxygen atoms in total. The van der Waals surface area contributed by atoms with Crippen LogP contribution in [-0.4, -0.2) is 37.6 Å². The van der Waals surface area contributed by atoms with Crippen molar-refractivity contribution >= 4 is 40.7 Å². The van der Waals surface area contributed by atoms with Crippen LogP contribution in [0.25, 0.3) is 6.08 Å². The van der Waals surface area contributed by atoms with Crippen LogP contribution in [0.4, 0.5) is 11.4 Å². The Kier molecular flexibility index (Phi) is 5.67. The molecule has 0 spiro atoms. The summed E-state index contributed by atoms with van der Waals surface area (Å²) in [5.41, 5.74) is 9.07. The lowest BCUT2D eigenvalue weighted by molar-refractivity contribution is 0.284. The highest BCUT2D eigenvalue weighted by atomic mass is 35.5. The van der Waals surface area contributed by atoms with Crippen molar-refractivity contribution in [3.8, 4) is 0 Å². The molecule has 0 saturated carbocycles. The SMILES string of the molecule is Nc1ccc(Cl)cc1N1CCN(CC=Cc2ccc(Cl)cc2)CC1. The fraction of sp³-hybridized carbons (Fsp3) is 0.263. The van der Waals surface area contributed by atoms with Gasteiger partial charge in [0.05, 0.1) is 11.4 Å². The molecule has 0 bridgehead atoms. The van der Waals surface area contributed by atoms with E-state index < -0.39 is 0 Å². The minimum atomic E-state index is 0.729. The third-order valence-corrected chi connectivity index (χ3v) is 4.74. The van der Waals surface area contributed by atoms with Gasteiger partial charge in [0, 0.05) is 42.8 Å². The molecule has 2 aromatic carbocycles. The molecule has 2 N–H and O–H groups in total. The number of benzene rings is 2. The van der Waals surface area contributed by atoms with Crippen LogP contribution in [0.1, 0.15) is 5.56 Å². The number of hydrogen-bond acceptors (Lipinski definition) is 3. The topological polar surface area (TPSA) is 32.5 Å². The van der Waals surface area contributed by atoms with Crippen LogP contribution in [0.2, 0.25) is 10.0 Å². The van der Waals surface area contributed by atoms with E-state index >= 15 is 0 Å². The molecule has 0 amide bonds. The molecule has 0 aromatic heterocycles. The Morgan fingerprint density at radius 3 is 2.29 bits per heavy atom. The molecule has 1 aliphatic heterocycles. The smallest absolute Gasteiger partial charge is 0.0615 e. The minimum absolute atomic E-state index is 0.729. The first-order valence-electron chi connectivity index (χ1n) is 8.06. The summed E-state index contributed by atoms with van der Waals surface area (Å²) in [4.78, 5) is 4.74. The fourth-order valence-electron chi connectivity index (χ4n) is 2.87. The zero-order valence-electron chi connectivity index (χ0n) is 13.5. The number of nitrogen functional groups attached to an aromatic ring is 1. The van der Waals surface area contributed by atoms with Crippen LogP contribution in [0.3, 0.4) is 0 Å². The summed E-state index contributed by atoms with van der Waals surface area (Å²) in [5, 5.41) is 1.50. The minimum Gasteiger partial charge on any atom is -0.397 e. The normalized spacial score (nSPS) is 16.0. The summed E-state index contributed by atoms with van der Waals surface area (Å²) in [6, 6.07) is 13.5. The van der Waals surface area contributed by atoms with Crippen LogP contribution < -0.4 is 10.6 Å². The van der Waals surface area contributed by atoms with E-state index in [2.05, 4.69) is 22.0 Å². The zero-order chi connectivity index (χ0) is 16.9. The van der Waals surface area contributed by atoms with Crippen molar-refractivity contribution in [3.63, 3.8) is 0 Å². The number of nitrogens with zero attached hydrogens (tertiary/aromatic N) is 2. The maximum absolute atomic E-state index is 6.09. The molecule has 0 aliphatic carbocycles. The van der Waals surface area contributed by atoms with Gasteiger partial charge in [-0.2, -0.15) is 0 Å². The fourth-order valence-corrected chi connectivity index (χ4v) is 3.17. The van der Waals surface area contributed by atoms with Crippen LogP contribution in [-0.2, 0) is 0 Å². The molecular weight excluding hydrogens is 341 g/mol. The highest BCUT2D eigenvalue weighted by molar-refractivity contribution is 6.31. The Morgan fingerprint density at radius 1 is 0.917 bits per heavy atom. The number of hydrogen-bond donors (Lipinski definition) is 1. The first-order valence-corrected chi connectivity index (χ1v) is 8.82. The maximum atomic E-state index is 6.09. The number of halogens is 2. The Labute approximate surface area is 153 Å². The van der Waals surface area contributed by atoms with Crippen molar-refractivity contribution < 1.29 is 0 Å². The van der Waals surface area contributed by atoms with Crippen molar-refractivity contribution in [1.82, 2.24) is 4.90 Å². The van der Waals surface area contributed by atoms with E-state index in [0.29, 0.717) is 0 Å². The van der Waals surface area contributed by atoms with Gasteiger partial charge in [-0.3, -0.25) is 4.90 Å². The lowest BCUT2D eigenvalue weighted by atomic mass is 10.2. The average Bonchev–Trinajstić information content (AvgIpc) is 2.59. The maximum Gasteiger partial charge on any atom is 0.0615 e. The molecule has 1 saturated heterocycles. The molecule has 1 aliphatic rings. The molecule has 24 heavy (non-hydrogen) atoms. The first kappa shape index (κ1) is 17.2. The van der Waals surface area contributed by atoms with Crippen LogP contribution in [0.15, 0.2) is 48.5 Å². The summed E-state index contributed by atoms with van der Waals surface area (Å²) in [5.74, 6) is 0. The largest absolute Gasteiger partial charge is 0.397 e. The second kappa shape index (κ2) is 7.93. The second-order valence-electron chi connectivity index (χ2n) is 5.94. The van der Waals surface area contributed by atoms with E-state index in [1.54, 1.807) is 0 Å². The third kappa shape index (κ3) is 4.44. The number of nitrogens with two attached hydrogens (primary N) is 1. The predicted octanol–water partition coefficient (Wildman–Crippen LogP) is 4.41. The molecular formula is C19H21Cl2N3. The lowest BCUT2D eigenvalue weighted by Gasteiger charge is -2.36. The van der Waals surface area contributed by atoms with E-state index in [1.807, 2.05) is 42.5 Å². The second-order valence-corrected chi connectivity index (χ2v) is 6.82. The van der Waals surface area contributed by atoms with E-state index in [1.165, 1.54) is 5.56 Å². The van der Waals surface area contributed by atoms with E-state index in [4.69, 9.17) is 28.9 Å². The highest BCUT2D eigenvalue weighted by Gasteiger charge is 2.18. The summed E-state index contributed by atoms with van der Waals surface area (Å²) >= 11 is 12.0. The van der Waals surface area contributed by atoms with Gasteiger partial charge >= 0.3 is 0 Å². The van der Waals surface area contributed by atoms with Gasteiger partial charge in [-0.05, 0) is 35.9 Å². The van der Waals surface area contributed by atoms with Crippen molar-refractivity contribution in [2.75, 3.05) is 43.4 Å². The van der Waals surface area contributed by atoms with Gasteiger partial charge < -0.3 is 10.6 Å². The Bertz CT molecular complexity index is 705. The van der Waals surface area contributed by atoms with Crippen LogP contribution in [0, 0.1) is 0 Å². The molecule has 0 atom stereocenters. The summed E-state index contributed by atoms with van der Waals surface area (Å²) in [7, 11) is 0. The quantitative estimate of drug-likeness (QED) is 0.818. The Morgan fingerprint density at radius 2 is 1.58 bits per heavy atom. The van der Waals surface area contributed by atoms with Crippen LogP contribution >= 0.6 is 23.2 Å². The Hall–Kier alpha value is -1.68. The lowest BCUT2D eigenvalue weighted by Crippen LogP contribution is -2.46. The monoisotopic (exact) mass is 361 g/mol. The molecule has 126 valence electrons. The molecule has 5 heteroatoms. The molecule has 1 heterocycles. The van der Waals surface area contributed by atoms with Crippen molar-refractivity contribution in [1.29, 1.82) is 0 Å². The summed E-state index contributed by atoms with van der Waals surface area (Å²) in [6.07, 6.45) is 4.34. The first-order chi connectivity index (χ1) is 11.6. The Balaban J connectivity index is 1.52. The summed E-state index contributed by atoms with van der Waals surface area (Å²) in [6.45, 7) is 4.88. The van der Waals surface area contributed by atoms with E-state index in [0.717, 1.165) is 54.1 Å². The van der Waals surface area contributed by atoms with Crippen molar-refractivity contribution in [3.05, 3.63) is 64.1 Å². The standard InChI is InChI=1S/C19H21Cl2N3/c20-16-5-3-15(4-6-16)2-1-9-23-10-12-24(13-11-23)19-14-17(21)7-8-18(19)22/h1-8,14H,9-13,22H2. The number of anilines is 2. The van der Waals surface area contributed by atoms with E-state index in [9.17, 15) is 0 Å². The van der Waals surface area contributed by atoms with E-state index in [-0.39, 0.29) is 0 Å². The van der Waals surface area contributed by atoms with Crippen molar-refractivity contribution in [2.24, 2.45) is 0 Å². The van der Waals surface area contributed by atoms with Crippen molar-refractivity contribution in [2.45, 2.75) is 0 Å². The average molecular weight is 362 g/mol. The number of rotatable bonds is 4. The number of piperazine rings is 1. The molecule has 0 radical (unpaired) electrons. The highest BCUT2D eigenvalue weighted by Crippen LogP contribution is 2.27. The van der Waals surface area contributed by atoms with Gasteiger partial charge in [-0.1, -0.05) is 47.5 Å². The van der Waals surface area contributed by atoms with Gasteiger partial charge in [0.15, 0.2) is 0 Å². The molecule has 3 rings (SSSR count). The van der Waals surface area contributed by atoms with Gasteiger partial charge in [0.25, 0.3) is 0 Å². The third-order valence-electron chi connectivity index (χ3n) is 4.25. The van der Waals surface area contributed by atoms with Gasteiger partial charge in [-0.25, -0.2) is 0 Å².